The molecule has 0 spiro atoms. The van der Waals surface area contributed by atoms with Crippen molar-refractivity contribution in [3.05, 3.63) is 76.7 Å². The van der Waals surface area contributed by atoms with Crippen LogP contribution in [0.3, 0.4) is 0 Å². The minimum Gasteiger partial charge on any atom is -0.457 e. The van der Waals surface area contributed by atoms with E-state index in [0.29, 0.717) is 17.4 Å². The number of thiophene rings is 1. The van der Waals surface area contributed by atoms with E-state index in [2.05, 4.69) is 15.5 Å². The van der Waals surface area contributed by atoms with E-state index in [-0.39, 0.29) is 11.9 Å². The standard InChI is InChI=1S/C21H15N3O3S/c1-12-10-17(28-11-12)20-23-24-21(27-20)22-19(25)18-13-6-2-4-8-15(13)26-16-9-5-3-7-14(16)18/h2-11,18H,1H3,(H,22,24,25). The first kappa shape index (κ1) is 16.7. The number of amides is 1. The Morgan fingerprint density at radius 3 is 2.36 bits per heavy atom. The molecule has 1 amide bonds. The largest absolute Gasteiger partial charge is 0.457 e. The van der Waals surface area contributed by atoms with Gasteiger partial charge in [0.25, 0.3) is 5.89 Å². The maximum Gasteiger partial charge on any atom is 0.322 e. The number of anilines is 1. The zero-order valence-corrected chi connectivity index (χ0v) is 15.7. The fourth-order valence-corrected chi connectivity index (χ4v) is 4.10. The summed E-state index contributed by atoms with van der Waals surface area (Å²) >= 11 is 1.52. The molecular formula is C21H15N3O3S. The van der Waals surface area contributed by atoms with Crippen molar-refractivity contribution < 1.29 is 13.9 Å². The third-order valence-electron chi connectivity index (χ3n) is 4.54. The molecule has 0 fully saturated rings. The highest BCUT2D eigenvalue weighted by molar-refractivity contribution is 7.13. The van der Waals surface area contributed by atoms with Gasteiger partial charge in [-0.1, -0.05) is 41.5 Å². The highest BCUT2D eigenvalue weighted by atomic mass is 32.1. The summed E-state index contributed by atoms with van der Waals surface area (Å²) in [7, 11) is 0. The third-order valence-corrected chi connectivity index (χ3v) is 5.57. The Labute approximate surface area is 164 Å². The molecule has 4 aromatic rings. The number of carbonyl (C=O) groups excluding carboxylic acids is 1. The number of nitrogens with one attached hydrogen (secondary N) is 1. The van der Waals surface area contributed by atoms with Gasteiger partial charge >= 0.3 is 6.01 Å². The van der Waals surface area contributed by atoms with Gasteiger partial charge in [0.15, 0.2) is 0 Å². The predicted octanol–water partition coefficient (Wildman–Crippen LogP) is 4.98. The van der Waals surface area contributed by atoms with Crippen molar-refractivity contribution in [3.8, 4) is 22.3 Å². The van der Waals surface area contributed by atoms with Gasteiger partial charge in [-0.3, -0.25) is 10.1 Å². The van der Waals surface area contributed by atoms with Gasteiger partial charge in [0, 0.05) is 11.1 Å². The first-order chi connectivity index (χ1) is 13.7. The lowest BCUT2D eigenvalue weighted by atomic mass is 9.87. The van der Waals surface area contributed by atoms with Crippen molar-refractivity contribution >= 4 is 23.3 Å². The molecule has 0 saturated heterocycles. The van der Waals surface area contributed by atoms with E-state index in [1.807, 2.05) is 66.9 Å². The summed E-state index contributed by atoms with van der Waals surface area (Å²) in [4.78, 5) is 14.0. The molecule has 0 bridgehead atoms. The van der Waals surface area contributed by atoms with Crippen molar-refractivity contribution in [2.24, 2.45) is 0 Å². The number of nitrogens with zero attached hydrogens (tertiary/aromatic N) is 2. The average Bonchev–Trinajstić information content (AvgIpc) is 3.34. The lowest BCUT2D eigenvalue weighted by Crippen LogP contribution is -2.25. The monoisotopic (exact) mass is 389 g/mol. The number of para-hydroxylation sites is 2. The molecule has 5 rings (SSSR count). The van der Waals surface area contributed by atoms with Gasteiger partial charge in [0.1, 0.15) is 11.5 Å². The van der Waals surface area contributed by atoms with E-state index in [0.717, 1.165) is 21.6 Å². The van der Waals surface area contributed by atoms with E-state index in [1.165, 1.54) is 11.3 Å². The lowest BCUT2D eigenvalue weighted by Gasteiger charge is -2.26. The van der Waals surface area contributed by atoms with E-state index >= 15 is 0 Å². The van der Waals surface area contributed by atoms with Crippen LogP contribution in [0, 0.1) is 6.92 Å². The second-order valence-electron chi connectivity index (χ2n) is 6.50. The van der Waals surface area contributed by atoms with E-state index < -0.39 is 5.92 Å². The molecule has 0 atom stereocenters. The Hall–Kier alpha value is -3.45. The molecule has 138 valence electrons. The molecule has 3 heterocycles. The fraction of sp³-hybridized carbons (Fsp3) is 0.0952. The molecule has 0 aliphatic carbocycles. The van der Waals surface area contributed by atoms with Crippen molar-refractivity contribution in [2.45, 2.75) is 12.8 Å². The molecular weight excluding hydrogens is 374 g/mol. The summed E-state index contributed by atoms with van der Waals surface area (Å²) in [5.41, 5.74) is 2.72. The molecule has 0 unspecified atom stereocenters. The van der Waals surface area contributed by atoms with Crippen LogP contribution in [0.2, 0.25) is 0 Å². The first-order valence-corrected chi connectivity index (χ1v) is 9.62. The van der Waals surface area contributed by atoms with Crippen LogP contribution < -0.4 is 10.1 Å². The summed E-state index contributed by atoms with van der Waals surface area (Å²) in [6.45, 7) is 2.00. The van der Waals surface area contributed by atoms with Crippen LogP contribution in [0.1, 0.15) is 22.6 Å². The minimum atomic E-state index is -0.527. The van der Waals surface area contributed by atoms with Crippen molar-refractivity contribution in [1.82, 2.24) is 10.2 Å². The Bertz CT molecular complexity index is 1140. The molecule has 0 radical (unpaired) electrons. The number of hydrogen-bond donors (Lipinski definition) is 1. The van der Waals surface area contributed by atoms with E-state index in [1.54, 1.807) is 0 Å². The van der Waals surface area contributed by atoms with Crippen LogP contribution in [0.15, 0.2) is 64.4 Å². The minimum absolute atomic E-state index is 0.0764. The zero-order chi connectivity index (χ0) is 19.1. The van der Waals surface area contributed by atoms with Gasteiger partial charge in [-0.15, -0.1) is 16.4 Å². The van der Waals surface area contributed by atoms with Crippen LogP contribution >= 0.6 is 11.3 Å². The summed E-state index contributed by atoms with van der Waals surface area (Å²) in [5.74, 6) is 0.950. The van der Waals surface area contributed by atoms with Gasteiger partial charge in [0.2, 0.25) is 5.91 Å². The molecule has 1 N–H and O–H groups in total. The molecule has 0 saturated carbocycles. The lowest BCUT2D eigenvalue weighted by molar-refractivity contribution is -0.117. The topological polar surface area (TPSA) is 77.2 Å². The van der Waals surface area contributed by atoms with Crippen molar-refractivity contribution in [1.29, 1.82) is 0 Å². The summed E-state index contributed by atoms with van der Waals surface area (Å²) in [5, 5.41) is 12.8. The number of carbonyl (C=O) groups is 1. The van der Waals surface area contributed by atoms with E-state index in [4.69, 9.17) is 9.15 Å². The Morgan fingerprint density at radius 2 is 1.71 bits per heavy atom. The van der Waals surface area contributed by atoms with E-state index in [9.17, 15) is 4.79 Å². The fourth-order valence-electron chi connectivity index (χ4n) is 3.29. The first-order valence-electron chi connectivity index (χ1n) is 8.74. The SMILES string of the molecule is Cc1csc(-c2nnc(NC(=O)C3c4ccccc4Oc4ccccc43)o2)c1. The smallest absolute Gasteiger partial charge is 0.322 e. The van der Waals surface area contributed by atoms with Crippen molar-refractivity contribution in [2.75, 3.05) is 5.32 Å². The summed E-state index contributed by atoms with van der Waals surface area (Å²) in [6.07, 6.45) is 0. The molecule has 7 heteroatoms. The molecule has 2 aromatic carbocycles. The number of aromatic nitrogens is 2. The van der Waals surface area contributed by atoms with Crippen LogP contribution in [0.5, 0.6) is 11.5 Å². The van der Waals surface area contributed by atoms with Gasteiger partial charge in [-0.25, -0.2) is 0 Å². The number of aryl methyl sites for hydroxylation is 1. The van der Waals surface area contributed by atoms with Crippen LogP contribution in [-0.4, -0.2) is 16.1 Å². The Kier molecular flexibility index (Phi) is 3.95. The maximum absolute atomic E-state index is 13.2. The van der Waals surface area contributed by atoms with Crippen LogP contribution in [-0.2, 0) is 4.79 Å². The van der Waals surface area contributed by atoms with Crippen molar-refractivity contribution in [3.63, 3.8) is 0 Å². The summed E-state index contributed by atoms with van der Waals surface area (Å²) < 4.78 is 11.6. The maximum atomic E-state index is 13.2. The van der Waals surface area contributed by atoms with Gasteiger partial charge in [-0.2, -0.15) is 0 Å². The highest BCUT2D eigenvalue weighted by Gasteiger charge is 2.33. The average molecular weight is 389 g/mol. The predicted molar refractivity (Wildman–Crippen MR) is 106 cm³/mol. The number of benzene rings is 2. The number of rotatable bonds is 3. The Balaban J connectivity index is 1.47. The highest BCUT2D eigenvalue weighted by Crippen LogP contribution is 2.44. The number of fused-ring (bicyclic) bond motifs is 2. The van der Waals surface area contributed by atoms with Gasteiger partial charge < -0.3 is 9.15 Å². The second kappa shape index (κ2) is 6.61. The van der Waals surface area contributed by atoms with Crippen LogP contribution in [0.25, 0.3) is 10.8 Å². The molecule has 1 aliphatic heterocycles. The molecule has 6 nitrogen and oxygen atoms in total. The number of hydrogen-bond acceptors (Lipinski definition) is 6. The zero-order valence-electron chi connectivity index (χ0n) is 14.9. The molecule has 28 heavy (non-hydrogen) atoms. The quantitative estimate of drug-likeness (QED) is 0.534. The van der Waals surface area contributed by atoms with Gasteiger partial charge in [-0.05, 0) is 36.1 Å². The second-order valence-corrected chi connectivity index (χ2v) is 7.41. The Morgan fingerprint density at radius 1 is 1.04 bits per heavy atom. The summed E-state index contributed by atoms with van der Waals surface area (Å²) in [6, 6.07) is 17.1. The molecule has 2 aromatic heterocycles. The normalized spacial score (nSPS) is 12.8. The molecule has 1 aliphatic rings. The van der Waals surface area contributed by atoms with Crippen LogP contribution in [0.4, 0.5) is 6.01 Å². The third kappa shape index (κ3) is 2.86. The number of ether oxygens (including phenoxy) is 1. The van der Waals surface area contributed by atoms with Gasteiger partial charge in [0.05, 0.1) is 10.8 Å².